The number of carbonyl (C=O) groups excluding carboxylic acids is 1. The Balaban J connectivity index is 2.43. The van der Waals surface area contributed by atoms with E-state index in [-0.39, 0.29) is 12.5 Å². The molecular weight excluding hydrogens is 184 g/mol. The standard InChI is InChI=1S/C9H16N2O3/c1-6(10)7(12)11-5-9(8(13)14)3-2-4-9/h6H,2-5,10H2,1H3,(H,11,12)(H,13,14)/t6-/m0/s1. The monoisotopic (exact) mass is 200 g/mol. The zero-order valence-electron chi connectivity index (χ0n) is 8.25. The number of nitrogens with one attached hydrogen (secondary N) is 1. The van der Waals surface area contributed by atoms with E-state index in [0.717, 1.165) is 6.42 Å². The predicted molar refractivity (Wildman–Crippen MR) is 50.6 cm³/mol. The number of rotatable bonds is 4. The van der Waals surface area contributed by atoms with Crippen LogP contribution < -0.4 is 11.1 Å². The summed E-state index contributed by atoms with van der Waals surface area (Å²) >= 11 is 0. The molecule has 0 aromatic rings. The minimum absolute atomic E-state index is 0.197. The van der Waals surface area contributed by atoms with Crippen molar-refractivity contribution >= 4 is 11.9 Å². The lowest BCUT2D eigenvalue weighted by Crippen LogP contribution is -2.50. The van der Waals surface area contributed by atoms with Crippen molar-refractivity contribution in [3.05, 3.63) is 0 Å². The van der Waals surface area contributed by atoms with Crippen LogP contribution in [0.15, 0.2) is 0 Å². The molecule has 0 aromatic heterocycles. The smallest absolute Gasteiger partial charge is 0.311 e. The van der Waals surface area contributed by atoms with E-state index >= 15 is 0 Å². The Bertz CT molecular complexity index is 246. The van der Waals surface area contributed by atoms with Crippen LogP contribution in [0.3, 0.4) is 0 Å². The van der Waals surface area contributed by atoms with Gasteiger partial charge in [0, 0.05) is 6.54 Å². The van der Waals surface area contributed by atoms with Crippen molar-refractivity contribution in [2.24, 2.45) is 11.1 Å². The molecule has 14 heavy (non-hydrogen) atoms. The highest BCUT2D eigenvalue weighted by Crippen LogP contribution is 2.40. The van der Waals surface area contributed by atoms with Crippen LogP contribution in [0.4, 0.5) is 0 Å². The van der Waals surface area contributed by atoms with E-state index < -0.39 is 17.4 Å². The molecule has 1 aliphatic rings. The summed E-state index contributed by atoms with van der Waals surface area (Å²) in [6.45, 7) is 1.77. The molecule has 5 nitrogen and oxygen atoms in total. The maximum absolute atomic E-state index is 11.1. The van der Waals surface area contributed by atoms with Gasteiger partial charge in [0.15, 0.2) is 0 Å². The van der Waals surface area contributed by atoms with Crippen LogP contribution in [0.5, 0.6) is 0 Å². The van der Waals surface area contributed by atoms with Crippen LogP contribution in [0.1, 0.15) is 26.2 Å². The normalized spacial score (nSPS) is 20.7. The summed E-state index contributed by atoms with van der Waals surface area (Å²) in [4.78, 5) is 22.0. The lowest BCUT2D eigenvalue weighted by Gasteiger charge is -2.37. The third kappa shape index (κ3) is 2.04. The molecule has 1 saturated carbocycles. The van der Waals surface area contributed by atoms with E-state index in [4.69, 9.17) is 10.8 Å². The van der Waals surface area contributed by atoms with E-state index in [1.165, 1.54) is 0 Å². The maximum atomic E-state index is 11.1. The maximum Gasteiger partial charge on any atom is 0.311 e. The highest BCUT2D eigenvalue weighted by Gasteiger charge is 2.44. The van der Waals surface area contributed by atoms with Gasteiger partial charge in [0.05, 0.1) is 11.5 Å². The first-order valence-corrected chi connectivity index (χ1v) is 4.75. The molecule has 0 aromatic carbocycles. The quantitative estimate of drug-likeness (QED) is 0.581. The van der Waals surface area contributed by atoms with Gasteiger partial charge >= 0.3 is 5.97 Å². The van der Waals surface area contributed by atoms with Gasteiger partial charge in [-0.1, -0.05) is 6.42 Å². The van der Waals surface area contributed by atoms with Crippen LogP contribution in [0, 0.1) is 5.41 Å². The van der Waals surface area contributed by atoms with Crippen LogP contribution in [0.2, 0.25) is 0 Å². The van der Waals surface area contributed by atoms with Crippen LogP contribution >= 0.6 is 0 Å². The van der Waals surface area contributed by atoms with Crippen LogP contribution in [0.25, 0.3) is 0 Å². The van der Waals surface area contributed by atoms with E-state index in [2.05, 4.69) is 5.32 Å². The van der Waals surface area contributed by atoms with Crippen molar-refractivity contribution in [1.29, 1.82) is 0 Å². The number of carboxylic acid groups (broad SMARTS) is 1. The number of hydrogen-bond donors (Lipinski definition) is 3. The zero-order valence-corrected chi connectivity index (χ0v) is 8.25. The third-order valence-corrected chi connectivity index (χ3v) is 2.78. The van der Waals surface area contributed by atoms with Gasteiger partial charge in [-0.3, -0.25) is 9.59 Å². The molecule has 0 unspecified atom stereocenters. The Morgan fingerprint density at radius 3 is 2.43 bits per heavy atom. The number of amides is 1. The van der Waals surface area contributed by atoms with Crippen LogP contribution in [-0.4, -0.2) is 29.6 Å². The van der Waals surface area contributed by atoms with Crippen molar-refractivity contribution < 1.29 is 14.7 Å². The fraction of sp³-hybridized carbons (Fsp3) is 0.778. The molecule has 0 saturated heterocycles. The SMILES string of the molecule is C[C@H](N)C(=O)NCC1(C(=O)O)CCC1. The molecule has 0 aliphatic heterocycles. The van der Waals surface area contributed by atoms with Crippen molar-refractivity contribution in [2.45, 2.75) is 32.2 Å². The van der Waals surface area contributed by atoms with Gasteiger partial charge in [-0.15, -0.1) is 0 Å². The number of aliphatic carboxylic acids is 1. The summed E-state index contributed by atoms with van der Waals surface area (Å²) in [7, 11) is 0. The Morgan fingerprint density at radius 1 is 1.57 bits per heavy atom. The van der Waals surface area contributed by atoms with Crippen LogP contribution in [-0.2, 0) is 9.59 Å². The average Bonchev–Trinajstić information content (AvgIpc) is 2.00. The molecule has 1 aliphatic carbocycles. The minimum atomic E-state index is -0.825. The Labute approximate surface area is 82.7 Å². The summed E-state index contributed by atoms with van der Waals surface area (Å²) < 4.78 is 0. The summed E-state index contributed by atoms with van der Waals surface area (Å²) in [5.74, 6) is -1.12. The van der Waals surface area contributed by atoms with E-state index in [9.17, 15) is 9.59 Å². The molecule has 1 rings (SSSR count). The lowest BCUT2D eigenvalue weighted by molar-refractivity contribution is -0.154. The highest BCUT2D eigenvalue weighted by atomic mass is 16.4. The summed E-state index contributed by atoms with van der Waals surface area (Å²) in [6, 6.07) is -0.582. The molecule has 4 N–H and O–H groups in total. The molecule has 1 amide bonds. The van der Waals surface area contributed by atoms with Gasteiger partial charge in [0.25, 0.3) is 0 Å². The topological polar surface area (TPSA) is 92.4 Å². The molecule has 1 atom stereocenters. The van der Waals surface area contributed by atoms with Gasteiger partial charge in [-0.05, 0) is 19.8 Å². The van der Waals surface area contributed by atoms with Gasteiger partial charge in [0.2, 0.25) is 5.91 Å². The van der Waals surface area contributed by atoms with Crippen molar-refractivity contribution in [2.75, 3.05) is 6.54 Å². The molecule has 0 bridgehead atoms. The van der Waals surface area contributed by atoms with Crippen molar-refractivity contribution in [1.82, 2.24) is 5.32 Å². The largest absolute Gasteiger partial charge is 0.481 e. The first-order valence-electron chi connectivity index (χ1n) is 4.75. The first-order chi connectivity index (χ1) is 6.48. The molecule has 1 fully saturated rings. The second-order valence-electron chi connectivity index (χ2n) is 3.95. The minimum Gasteiger partial charge on any atom is -0.481 e. The van der Waals surface area contributed by atoms with Crippen molar-refractivity contribution in [3.8, 4) is 0 Å². The second kappa shape index (κ2) is 3.96. The van der Waals surface area contributed by atoms with Gasteiger partial charge in [0.1, 0.15) is 0 Å². The zero-order chi connectivity index (χ0) is 10.8. The molecule has 80 valence electrons. The molecule has 5 heteroatoms. The summed E-state index contributed by atoms with van der Waals surface area (Å²) in [5.41, 5.74) is 4.61. The first kappa shape index (κ1) is 11.0. The average molecular weight is 200 g/mol. The van der Waals surface area contributed by atoms with Crippen molar-refractivity contribution in [3.63, 3.8) is 0 Å². The van der Waals surface area contributed by atoms with Gasteiger partial charge in [-0.2, -0.15) is 0 Å². The highest BCUT2D eigenvalue weighted by molar-refractivity contribution is 5.82. The van der Waals surface area contributed by atoms with E-state index in [1.807, 2.05) is 0 Å². The molecule has 0 spiro atoms. The predicted octanol–water partition coefficient (Wildman–Crippen LogP) is -0.295. The number of nitrogens with two attached hydrogens (primary N) is 1. The second-order valence-corrected chi connectivity index (χ2v) is 3.95. The fourth-order valence-corrected chi connectivity index (χ4v) is 1.49. The molecular formula is C9H16N2O3. The third-order valence-electron chi connectivity index (χ3n) is 2.78. The van der Waals surface area contributed by atoms with Gasteiger partial charge < -0.3 is 16.2 Å². The Hall–Kier alpha value is -1.10. The molecule has 0 heterocycles. The number of carboxylic acids is 1. The molecule has 0 radical (unpaired) electrons. The number of hydrogen-bond acceptors (Lipinski definition) is 3. The van der Waals surface area contributed by atoms with E-state index in [0.29, 0.717) is 12.8 Å². The van der Waals surface area contributed by atoms with E-state index in [1.54, 1.807) is 6.92 Å². The lowest BCUT2D eigenvalue weighted by atomic mass is 9.69. The Morgan fingerprint density at radius 2 is 2.14 bits per heavy atom. The van der Waals surface area contributed by atoms with Gasteiger partial charge in [-0.25, -0.2) is 0 Å². The number of carbonyl (C=O) groups is 2. The fourth-order valence-electron chi connectivity index (χ4n) is 1.49. The summed E-state index contributed by atoms with van der Waals surface area (Å²) in [5, 5.41) is 11.5. The summed E-state index contributed by atoms with van der Waals surface area (Å²) in [6.07, 6.45) is 2.20. The Kier molecular flexibility index (Phi) is 3.10.